The van der Waals surface area contributed by atoms with Crippen LogP contribution in [0.3, 0.4) is 0 Å². The Kier molecular flexibility index (Phi) is 3.32. The van der Waals surface area contributed by atoms with Crippen molar-refractivity contribution in [2.24, 2.45) is 5.73 Å². The lowest BCUT2D eigenvalue weighted by atomic mass is 10.1. The van der Waals surface area contributed by atoms with Crippen molar-refractivity contribution in [3.8, 4) is 0 Å². The van der Waals surface area contributed by atoms with E-state index in [0.717, 1.165) is 48.0 Å². The SMILES string of the molecule is NCc1nc2c(s1)C(=O)N(CC1CCCO1)CC2. The summed E-state index contributed by atoms with van der Waals surface area (Å²) in [6, 6.07) is 0. The molecule has 1 unspecified atom stereocenters. The number of nitrogens with two attached hydrogens (primary N) is 1. The van der Waals surface area contributed by atoms with E-state index in [0.29, 0.717) is 13.1 Å². The van der Waals surface area contributed by atoms with Gasteiger partial charge in [-0.2, -0.15) is 0 Å². The Hall–Kier alpha value is -0.980. The van der Waals surface area contributed by atoms with Crippen molar-refractivity contribution in [3.05, 3.63) is 15.6 Å². The van der Waals surface area contributed by atoms with Gasteiger partial charge in [-0.25, -0.2) is 4.98 Å². The quantitative estimate of drug-likeness (QED) is 0.878. The number of nitrogens with zero attached hydrogens (tertiary/aromatic N) is 2. The summed E-state index contributed by atoms with van der Waals surface area (Å²) in [7, 11) is 0. The topological polar surface area (TPSA) is 68.5 Å². The lowest BCUT2D eigenvalue weighted by Gasteiger charge is -2.28. The minimum absolute atomic E-state index is 0.101. The van der Waals surface area contributed by atoms with Crippen LogP contribution < -0.4 is 5.73 Å². The molecular weight excluding hydrogens is 250 g/mol. The zero-order chi connectivity index (χ0) is 12.5. The number of carbonyl (C=O) groups excluding carboxylic acids is 1. The fourth-order valence-electron chi connectivity index (χ4n) is 2.52. The van der Waals surface area contributed by atoms with Gasteiger partial charge in [0.05, 0.1) is 11.8 Å². The smallest absolute Gasteiger partial charge is 0.265 e. The molecule has 0 bridgehead atoms. The van der Waals surface area contributed by atoms with E-state index in [2.05, 4.69) is 4.98 Å². The standard InChI is InChI=1S/C12H17N3O2S/c13-6-10-14-9-3-4-15(12(16)11(9)18-10)7-8-2-1-5-17-8/h8H,1-7,13H2. The van der Waals surface area contributed by atoms with Crippen molar-refractivity contribution in [3.63, 3.8) is 0 Å². The molecule has 5 nitrogen and oxygen atoms in total. The molecule has 18 heavy (non-hydrogen) atoms. The van der Waals surface area contributed by atoms with E-state index in [-0.39, 0.29) is 12.0 Å². The summed E-state index contributed by atoms with van der Waals surface area (Å²) in [5.41, 5.74) is 6.50. The van der Waals surface area contributed by atoms with Gasteiger partial charge < -0.3 is 15.4 Å². The van der Waals surface area contributed by atoms with Crippen LogP contribution in [0.15, 0.2) is 0 Å². The normalized spacial score (nSPS) is 23.5. The molecule has 1 saturated heterocycles. The van der Waals surface area contributed by atoms with E-state index in [1.54, 1.807) is 0 Å². The maximum absolute atomic E-state index is 12.3. The van der Waals surface area contributed by atoms with Crippen LogP contribution in [0.1, 0.15) is 33.2 Å². The second-order valence-electron chi connectivity index (χ2n) is 4.72. The first-order valence-corrected chi connectivity index (χ1v) is 7.19. The number of amides is 1. The maximum Gasteiger partial charge on any atom is 0.265 e. The summed E-state index contributed by atoms with van der Waals surface area (Å²) >= 11 is 1.44. The van der Waals surface area contributed by atoms with Gasteiger partial charge >= 0.3 is 0 Å². The molecular formula is C12H17N3O2S. The zero-order valence-electron chi connectivity index (χ0n) is 10.2. The van der Waals surface area contributed by atoms with Gasteiger partial charge in [0.2, 0.25) is 0 Å². The first-order chi connectivity index (χ1) is 8.78. The number of fused-ring (bicyclic) bond motifs is 1. The molecule has 1 amide bonds. The molecule has 3 rings (SSSR count). The fraction of sp³-hybridized carbons (Fsp3) is 0.667. The minimum atomic E-state index is 0.101. The number of aromatic nitrogens is 1. The van der Waals surface area contributed by atoms with Gasteiger partial charge in [-0.15, -0.1) is 11.3 Å². The van der Waals surface area contributed by atoms with Gasteiger partial charge in [0.25, 0.3) is 5.91 Å². The van der Waals surface area contributed by atoms with Crippen LogP contribution in [-0.4, -0.2) is 41.6 Å². The predicted octanol–water partition coefficient (Wildman–Crippen LogP) is 0.779. The van der Waals surface area contributed by atoms with Crippen molar-refractivity contribution in [1.82, 2.24) is 9.88 Å². The Morgan fingerprint density at radius 1 is 1.56 bits per heavy atom. The van der Waals surface area contributed by atoms with Crippen molar-refractivity contribution >= 4 is 17.2 Å². The highest BCUT2D eigenvalue weighted by Gasteiger charge is 2.30. The monoisotopic (exact) mass is 267 g/mol. The van der Waals surface area contributed by atoms with Crippen LogP contribution >= 0.6 is 11.3 Å². The minimum Gasteiger partial charge on any atom is -0.376 e. The molecule has 6 heteroatoms. The fourth-order valence-corrected chi connectivity index (χ4v) is 3.48. The molecule has 1 atom stereocenters. The summed E-state index contributed by atoms with van der Waals surface area (Å²) in [4.78, 5) is 19.4. The van der Waals surface area contributed by atoms with Gasteiger partial charge in [-0.05, 0) is 12.8 Å². The first-order valence-electron chi connectivity index (χ1n) is 6.37. The largest absolute Gasteiger partial charge is 0.376 e. The first kappa shape index (κ1) is 12.1. The molecule has 1 fully saturated rings. The van der Waals surface area contributed by atoms with Crippen LogP contribution in [0.5, 0.6) is 0 Å². The second kappa shape index (κ2) is 4.95. The average molecular weight is 267 g/mol. The highest BCUT2D eigenvalue weighted by molar-refractivity contribution is 7.13. The summed E-state index contributed by atoms with van der Waals surface area (Å²) < 4.78 is 5.59. The van der Waals surface area contributed by atoms with Gasteiger partial charge in [0.15, 0.2) is 0 Å². The van der Waals surface area contributed by atoms with Crippen molar-refractivity contribution in [2.75, 3.05) is 19.7 Å². The number of thiazole rings is 1. The van der Waals surface area contributed by atoms with Gasteiger partial charge in [0, 0.05) is 32.7 Å². The summed E-state index contributed by atoms with van der Waals surface area (Å²) in [6.45, 7) is 2.71. The maximum atomic E-state index is 12.3. The van der Waals surface area contributed by atoms with E-state index in [1.165, 1.54) is 11.3 Å². The average Bonchev–Trinajstić information content (AvgIpc) is 3.02. The Morgan fingerprint density at radius 3 is 3.17 bits per heavy atom. The van der Waals surface area contributed by atoms with Crippen LogP contribution in [0.2, 0.25) is 0 Å². The molecule has 0 saturated carbocycles. The molecule has 0 aliphatic carbocycles. The number of hydrogen-bond donors (Lipinski definition) is 1. The van der Waals surface area contributed by atoms with Crippen molar-refractivity contribution < 1.29 is 9.53 Å². The van der Waals surface area contributed by atoms with Gasteiger partial charge in [-0.1, -0.05) is 0 Å². The van der Waals surface area contributed by atoms with E-state index in [1.807, 2.05) is 4.90 Å². The number of ether oxygens (including phenoxy) is 1. The second-order valence-corrected chi connectivity index (χ2v) is 5.81. The summed E-state index contributed by atoms with van der Waals surface area (Å²) in [5.74, 6) is 0.101. The van der Waals surface area contributed by atoms with E-state index >= 15 is 0 Å². The highest BCUT2D eigenvalue weighted by Crippen LogP contribution is 2.26. The van der Waals surface area contributed by atoms with Gasteiger partial charge in [0.1, 0.15) is 9.88 Å². The molecule has 0 aromatic carbocycles. The molecule has 98 valence electrons. The summed E-state index contributed by atoms with van der Waals surface area (Å²) in [6.07, 6.45) is 3.23. The lowest BCUT2D eigenvalue weighted by Crippen LogP contribution is -2.41. The predicted molar refractivity (Wildman–Crippen MR) is 68.6 cm³/mol. The highest BCUT2D eigenvalue weighted by atomic mass is 32.1. The number of hydrogen-bond acceptors (Lipinski definition) is 5. The zero-order valence-corrected chi connectivity index (χ0v) is 11.0. The lowest BCUT2D eigenvalue weighted by molar-refractivity contribution is 0.0514. The number of carbonyl (C=O) groups is 1. The molecule has 1 aromatic rings. The molecule has 0 radical (unpaired) electrons. The Bertz CT molecular complexity index is 454. The van der Waals surface area contributed by atoms with Gasteiger partial charge in [-0.3, -0.25) is 4.79 Å². The third-order valence-corrected chi connectivity index (χ3v) is 4.57. The van der Waals surface area contributed by atoms with E-state index in [9.17, 15) is 4.79 Å². The van der Waals surface area contributed by atoms with E-state index < -0.39 is 0 Å². The third-order valence-electron chi connectivity index (χ3n) is 3.46. The van der Waals surface area contributed by atoms with Crippen molar-refractivity contribution in [1.29, 1.82) is 0 Å². The Labute approximate surface area is 110 Å². The number of rotatable bonds is 3. The van der Waals surface area contributed by atoms with Crippen LogP contribution in [0.4, 0.5) is 0 Å². The Morgan fingerprint density at radius 2 is 2.44 bits per heavy atom. The third kappa shape index (κ3) is 2.15. The van der Waals surface area contributed by atoms with Crippen molar-refractivity contribution in [2.45, 2.75) is 31.9 Å². The van der Waals surface area contributed by atoms with Crippen LogP contribution in [0, 0.1) is 0 Å². The van der Waals surface area contributed by atoms with E-state index in [4.69, 9.17) is 10.5 Å². The molecule has 2 N–H and O–H groups in total. The molecule has 2 aliphatic heterocycles. The van der Waals surface area contributed by atoms with Crippen LogP contribution in [-0.2, 0) is 17.7 Å². The Balaban J connectivity index is 1.74. The molecule has 3 heterocycles. The van der Waals surface area contributed by atoms with Crippen LogP contribution in [0.25, 0.3) is 0 Å². The molecule has 2 aliphatic rings. The molecule has 1 aromatic heterocycles. The molecule has 0 spiro atoms. The summed E-state index contributed by atoms with van der Waals surface area (Å²) in [5, 5.41) is 0.854.